The zero-order chi connectivity index (χ0) is 29.9. The molecule has 4 N–H and O–H groups in total. The normalized spacial score (nSPS) is 26.8. The van der Waals surface area contributed by atoms with Crippen molar-refractivity contribution in [2.45, 2.75) is 69.8 Å². The molecule has 7 heterocycles. The van der Waals surface area contributed by atoms with Crippen molar-refractivity contribution < 1.29 is 67.3 Å². The minimum Gasteiger partial charge on any atom is -0.479 e. The van der Waals surface area contributed by atoms with Crippen LogP contribution in [0, 0.1) is 44.1 Å². The van der Waals surface area contributed by atoms with Gasteiger partial charge in [0.2, 0.25) is 0 Å². The maximum atomic E-state index is 15.6. The van der Waals surface area contributed by atoms with Gasteiger partial charge in [-0.05, 0) is 38.1 Å². The number of fused-ring (bicyclic) bond motifs is 5. The summed E-state index contributed by atoms with van der Waals surface area (Å²) in [5.41, 5.74) is 2.81. The zero-order valence-corrected chi connectivity index (χ0v) is 27.4. The molecule has 2 aromatic heterocycles. The van der Waals surface area contributed by atoms with E-state index < -0.39 is 65.2 Å². The summed E-state index contributed by atoms with van der Waals surface area (Å²) in [5, 5.41) is 12.7. The number of rotatable bonds is 2. The van der Waals surface area contributed by atoms with Crippen LogP contribution in [0.25, 0.3) is 11.5 Å². The molecule has 4 atom stereocenters. The smallest absolute Gasteiger partial charge is 0.418 e. The number of aryl methyl sites for hydroxylation is 1. The van der Waals surface area contributed by atoms with Gasteiger partial charge in [0, 0.05) is 49.8 Å². The van der Waals surface area contributed by atoms with Gasteiger partial charge in [0.15, 0.2) is 5.83 Å². The molecule has 232 valence electrons. The summed E-state index contributed by atoms with van der Waals surface area (Å²) >= 11 is 0. The Labute approximate surface area is 267 Å². The molecule has 1 saturated carbocycles. The first kappa shape index (κ1) is 32.1. The Balaban J connectivity index is 0.000000313. The van der Waals surface area contributed by atoms with Gasteiger partial charge in [0.05, 0.1) is 36.2 Å². The number of alkyl halides is 5. The number of halogens is 6. The molecule has 6 aliphatic rings. The maximum Gasteiger partial charge on any atom is 0.418 e. The van der Waals surface area contributed by atoms with Crippen LogP contribution < -0.4 is 16.0 Å². The van der Waals surface area contributed by atoms with Crippen LogP contribution in [-0.2, 0) is 17.5 Å². The molecule has 0 spiro atoms. The van der Waals surface area contributed by atoms with Crippen molar-refractivity contribution in [2.75, 3.05) is 36.9 Å². The molecule has 0 radical (unpaired) electrons. The van der Waals surface area contributed by atoms with Crippen LogP contribution in [-0.4, -0.2) is 75.7 Å². The Morgan fingerprint density at radius 3 is 2.63 bits per heavy atom. The fourth-order valence-electron chi connectivity index (χ4n) is 6.38. The van der Waals surface area contributed by atoms with Gasteiger partial charge in [-0.1, -0.05) is 6.42 Å². The minimum absolute atomic E-state index is 0. The van der Waals surface area contributed by atoms with E-state index in [4.69, 9.17) is 10.5 Å². The third kappa shape index (κ3) is 6.04. The Bertz CT molecular complexity index is 1400. The van der Waals surface area contributed by atoms with E-state index >= 15 is 4.39 Å². The first-order valence-electron chi connectivity index (χ1n) is 13.8. The minimum atomic E-state index is -4.82. The third-order valence-corrected chi connectivity index (χ3v) is 8.35. The molecule has 43 heavy (non-hydrogen) atoms. The van der Waals surface area contributed by atoms with E-state index in [1.165, 1.54) is 19.4 Å². The van der Waals surface area contributed by atoms with E-state index in [0.717, 1.165) is 25.5 Å². The largest absolute Gasteiger partial charge is 0.479 e. The summed E-state index contributed by atoms with van der Waals surface area (Å²) in [4.78, 5) is 15.2. The van der Waals surface area contributed by atoms with E-state index in [1.807, 2.05) is 0 Å². The molecule has 9 nitrogen and oxygen atoms in total. The van der Waals surface area contributed by atoms with Crippen molar-refractivity contribution in [2.24, 2.45) is 0 Å². The average molecular weight is 837 g/mol. The fraction of sp³-hybridized carbons (Fsp3) is 0.556. The first-order valence-corrected chi connectivity index (χ1v) is 13.8. The predicted molar refractivity (Wildman–Crippen MR) is 141 cm³/mol. The second-order valence-corrected chi connectivity index (χ2v) is 11.1. The standard InChI is InChI=1S/C20H19F5N6O2.C7H11FN.U/c1-7-4-11(26)28-16(12(7)20(23,24)25)17-14(22)15-8(6-27-17)18(30-19(32)29-15)31-2-3-33-10-5-9(31)13(10)21;8-6-4-7-2-1-3-9(7)5-6;/h4,9-10,13,27H,2-3,5-6H2,1H3,(H2,26,28)(H,29,30,32);6H,1-5H2;/q;-1;/t9-,10+,13+;6-;/m01./s1. The van der Waals surface area contributed by atoms with Gasteiger partial charge in [0.25, 0.3) is 0 Å². The molecule has 2 bridgehead atoms. The second kappa shape index (κ2) is 12.3. The number of aromatic hydroxyl groups is 1. The van der Waals surface area contributed by atoms with E-state index in [2.05, 4.69) is 25.2 Å². The molecule has 2 aromatic rings. The molecule has 0 amide bonds. The fourth-order valence-corrected chi connectivity index (χ4v) is 6.38. The molecule has 5 aliphatic heterocycles. The average Bonchev–Trinajstić information content (AvgIpc) is 3.34. The molecular weight excluding hydrogens is 806 g/mol. The number of aromatic nitrogens is 3. The van der Waals surface area contributed by atoms with Crippen LogP contribution in [0.2, 0.25) is 0 Å². The van der Waals surface area contributed by atoms with Gasteiger partial charge in [0.1, 0.15) is 29.2 Å². The molecular formula is C27H30F6N7O2U-. The van der Waals surface area contributed by atoms with Crippen LogP contribution >= 0.6 is 0 Å². The number of hydrogen-bond acceptors (Lipinski definition) is 9. The Kier molecular flexibility index (Phi) is 9.15. The summed E-state index contributed by atoms with van der Waals surface area (Å²) in [6.45, 7) is 3.26. The van der Waals surface area contributed by atoms with Crippen molar-refractivity contribution in [1.82, 2.24) is 25.2 Å². The van der Waals surface area contributed by atoms with Crippen LogP contribution in [0.4, 0.5) is 38.0 Å². The van der Waals surface area contributed by atoms with Crippen LogP contribution in [0.3, 0.4) is 0 Å². The van der Waals surface area contributed by atoms with E-state index in [0.29, 0.717) is 13.0 Å². The van der Waals surface area contributed by atoms with Crippen molar-refractivity contribution >= 4 is 23.2 Å². The Morgan fingerprint density at radius 2 is 1.93 bits per heavy atom. The van der Waals surface area contributed by atoms with Gasteiger partial charge < -0.3 is 30.7 Å². The van der Waals surface area contributed by atoms with E-state index in [9.17, 15) is 27.1 Å². The quantitative estimate of drug-likeness (QED) is 0.305. The van der Waals surface area contributed by atoms with Crippen LogP contribution in [0.1, 0.15) is 53.8 Å². The number of nitrogens with two attached hydrogens (primary N) is 1. The SMILES string of the molecule is Cc1cc(N)nc(C2=C(F)c3nc(O)nc(N4CCO[C@@H]5C[C@H]4[C@H]5F)c3CN2)c1C(F)(F)F.F[C@@H]1C[C-]2CCCN2C1.[U]. The molecule has 0 unspecified atom stereocenters. The zero-order valence-electron chi connectivity index (χ0n) is 23.2. The molecule has 8 rings (SSSR count). The van der Waals surface area contributed by atoms with Crippen molar-refractivity contribution in [3.05, 3.63) is 40.2 Å². The van der Waals surface area contributed by atoms with Gasteiger partial charge in [-0.2, -0.15) is 29.6 Å². The van der Waals surface area contributed by atoms with Crippen molar-refractivity contribution in [3.8, 4) is 6.01 Å². The maximum absolute atomic E-state index is 15.6. The number of nitrogens with one attached hydrogen (secondary N) is 1. The second-order valence-electron chi connectivity index (χ2n) is 11.1. The van der Waals surface area contributed by atoms with Gasteiger partial charge in [-0.15, -0.1) is 6.42 Å². The predicted octanol–water partition coefficient (Wildman–Crippen LogP) is 4.06. The van der Waals surface area contributed by atoms with Gasteiger partial charge >= 0.3 is 12.2 Å². The Hall–Kier alpha value is -2.28. The molecule has 1 aliphatic carbocycles. The van der Waals surface area contributed by atoms with Crippen molar-refractivity contribution in [3.63, 3.8) is 0 Å². The van der Waals surface area contributed by atoms with Crippen LogP contribution in [0.15, 0.2) is 6.07 Å². The van der Waals surface area contributed by atoms with E-state index in [1.54, 1.807) is 4.90 Å². The number of nitrogen functional groups attached to an aromatic ring is 1. The molecule has 4 saturated heterocycles. The summed E-state index contributed by atoms with van der Waals surface area (Å²) in [6, 6.07) is 1.06. The third-order valence-electron chi connectivity index (χ3n) is 8.35. The number of anilines is 2. The van der Waals surface area contributed by atoms with Gasteiger partial charge in [-0.3, -0.25) is 0 Å². The molecule has 0 aromatic carbocycles. The first-order chi connectivity index (χ1) is 19.9. The Morgan fingerprint density at radius 1 is 1.16 bits per heavy atom. The molecule has 16 heteroatoms. The van der Waals surface area contributed by atoms with Crippen molar-refractivity contribution in [1.29, 1.82) is 0 Å². The summed E-state index contributed by atoms with van der Waals surface area (Å²) in [6.07, 6.45) is -3.65. The number of ether oxygens (including phenoxy) is 1. The van der Waals surface area contributed by atoms with Crippen LogP contribution in [0.5, 0.6) is 6.01 Å². The topological polar surface area (TPSA) is 113 Å². The number of pyridine rings is 1. The number of nitrogens with zero attached hydrogens (tertiary/aromatic N) is 5. The number of hydrogen-bond donors (Lipinski definition) is 3. The monoisotopic (exact) mass is 836 g/mol. The molecule has 5 fully saturated rings. The van der Waals surface area contributed by atoms with Gasteiger partial charge in [-0.25, -0.2) is 24.2 Å². The summed E-state index contributed by atoms with van der Waals surface area (Å²) in [5.74, 6) is -1.27. The summed E-state index contributed by atoms with van der Waals surface area (Å²) < 4.78 is 89.3. The summed E-state index contributed by atoms with van der Waals surface area (Å²) in [7, 11) is 0. The van der Waals surface area contributed by atoms with E-state index in [-0.39, 0.29) is 73.6 Å².